The topological polar surface area (TPSA) is 88.4 Å². The van der Waals surface area contributed by atoms with Gasteiger partial charge in [-0.25, -0.2) is 4.79 Å². The molecule has 1 fully saturated rings. The van der Waals surface area contributed by atoms with Crippen LogP contribution < -0.4 is 4.74 Å². The van der Waals surface area contributed by atoms with Crippen molar-refractivity contribution in [3.8, 4) is 17.1 Å². The molecule has 1 aromatic heterocycles. The third-order valence-corrected chi connectivity index (χ3v) is 6.48. The number of piperazine rings is 1. The molecule has 0 spiro atoms. The van der Waals surface area contributed by atoms with Gasteiger partial charge in [0.25, 0.3) is 5.91 Å². The van der Waals surface area contributed by atoms with E-state index >= 15 is 0 Å². The molecule has 36 heavy (non-hydrogen) atoms. The van der Waals surface area contributed by atoms with Crippen LogP contribution in [0, 0.1) is 0 Å². The number of ether oxygens (including phenoxy) is 2. The summed E-state index contributed by atoms with van der Waals surface area (Å²) in [5, 5.41) is 4.03. The third kappa shape index (κ3) is 5.36. The lowest BCUT2D eigenvalue weighted by Gasteiger charge is -2.34. The van der Waals surface area contributed by atoms with E-state index in [1.807, 2.05) is 43.3 Å². The van der Waals surface area contributed by atoms with Crippen molar-refractivity contribution in [2.24, 2.45) is 0 Å². The van der Waals surface area contributed by atoms with E-state index in [4.69, 9.17) is 14.0 Å². The van der Waals surface area contributed by atoms with Gasteiger partial charge >= 0.3 is 6.09 Å². The molecule has 3 aromatic rings. The van der Waals surface area contributed by atoms with Gasteiger partial charge in [-0.3, -0.25) is 9.69 Å². The van der Waals surface area contributed by atoms with Gasteiger partial charge in [0.05, 0.1) is 13.2 Å². The number of carbonyl (C=O) groups is 2. The Bertz CT molecular complexity index is 1200. The lowest BCUT2D eigenvalue weighted by Crippen LogP contribution is -2.48. The molecular formula is C27H30N4O5. The summed E-state index contributed by atoms with van der Waals surface area (Å²) in [6.07, 6.45) is -0.243. The van der Waals surface area contributed by atoms with E-state index < -0.39 is 0 Å². The molecule has 0 aliphatic carbocycles. The first-order valence-electron chi connectivity index (χ1n) is 12.3. The maximum Gasteiger partial charge on any atom is 0.409 e. The summed E-state index contributed by atoms with van der Waals surface area (Å²) < 4.78 is 16.5. The van der Waals surface area contributed by atoms with Gasteiger partial charge in [0.2, 0.25) is 0 Å². The Kier molecular flexibility index (Phi) is 7.18. The van der Waals surface area contributed by atoms with Crippen LogP contribution in [0.2, 0.25) is 0 Å². The number of benzene rings is 2. The van der Waals surface area contributed by atoms with E-state index in [-0.39, 0.29) is 17.7 Å². The third-order valence-electron chi connectivity index (χ3n) is 6.48. The van der Waals surface area contributed by atoms with E-state index in [1.165, 1.54) is 0 Å². The van der Waals surface area contributed by atoms with E-state index in [2.05, 4.69) is 22.2 Å². The van der Waals surface area contributed by atoms with Crippen molar-refractivity contribution in [1.29, 1.82) is 0 Å². The first kappa shape index (κ1) is 23.9. The molecule has 0 unspecified atom stereocenters. The highest BCUT2D eigenvalue weighted by Gasteiger charge is 2.25. The second-order valence-corrected chi connectivity index (χ2v) is 8.92. The molecule has 1 saturated heterocycles. The predicted molar refractivity (Wildman–Crippen MR) is 132 cm³/mol. The largest absolute Gasteiger partial charge is 0.491 e. The second-order valence-electron chi connectivity index (χ2n) is 8.92. The van der Waals surface area contributed by atoms with Gasteiger partial charge in [0.1, 0.15) is 12.4 Å². The van der Waals surface area contributed by atoms with Crippen molar-refractivity contribution in [2.45, 2.75) is 20.0 Å². The van der Waals surface area contributed by atoms with Gasteiger partial charge in [-0.15, -0.1) is 0 Å². The lowest BCUT2D eigenvalue weighted by atomic mass is 10.1. The maximum absolute atomic E-state index is 13.2. The summed E-state index contributed by atoms with van der Waals surface area (Å²) in [5.41, 5.74) is 3.27. The molecule has 188 valence electrons. The predicted octanol–water partition coefficient (Wildman–Crippen LogP) is 3.65. The molecule has 0 bridgehead atoms. The summed E-state index contributed by atoms with van der Waals surface area (Å²) in [5.74, 6) is 1.18. The minimum atomic E-state index is -0.243. The quantitative estimate of drug-likeness (QED) is 0.539. The fraction of sp³-hybridized carbons (Fsp3) is 0.370. The van der Waals surface area contributed by atoms with Crippen molar-refractivity contribution in [3.05, 3.63) is 71.4 Å². The van der Waals surface area contributed by atoms with Crippen LogP contribution in [0.4, 0.5) is 4.79 Å². The Morgan fingerprint density at radius 1 is 0.972 bits per heavy atom. The van der Waals surface area contributed by atoms with E-state index in [0.717, 1.165) is 42.1 Å². The Balaban J connectivity index is 1.24. The molecule has 0 N–H and O–H groups in total. The smallest absolute Gasteiger partial charge is 0.409 e. The molecular weight excluding hydrogens is 460 g/mol. The summed E-state index contributed by atoms with van der Waals surface area (Å²) in [4.78, 5) is 31.0. The Morgan fingerprint density at radius 2 is 1.78 bits per heavy atom. The van der Waals surface area contributed by atoms with Crippen LogP contribution in [-0.4, -0.2) is 77.8 Å². The van der Waals surface area contributed by atoms with Gasteiger partial charge in [0.15, 0.2) is 11.5 Å². The number of fused-ring (bicyclic) bond motifs is 1. The van der Waals surface area contributed by atoms with Gasteiger partial charge in [-0.2, -0.15) is 0 Å². The average molecular weight is 491 g/mol. The second kappa shape index (κ2) is 10.8. The molecule has 0 atom stereocenters. The average Bonchev–Trinajstić information content (AvgIpc) is 3.31. The molecule has 3 heterocycles. The molecule has 9 nitrogen and oxygen atoms in total. The SMILES string of the molecule is CCOC(=O)N1CCN(Cc2ccc3c(c2)CN(C(=O)c2cc(-c4ccccc4)on2)CCO3)CC1. The minimum Gasteiger partial charge on any atom is -0.491 e. The number of rotatable bonds is 5. The Hall–Kier alpha value is -3.85. The number of carbonyl (C=O) groups excluding carboxylic acids is 2. The molecule has 9 heteroatoms. The first-order chi connectivity index (χ1) is 17.6. The number of nitrogens with zero attached hydrogens (tertiary/aromatic N) is 4. The van der Waals surface area contributed by atoms with Crippen LogP contribution in [0.1, 0.15) is 28.5 Å². The number of hydrogen-bond acceptors (Lipinski definition) is 7. The van der Waals surface area contributed by atoms with E-state index in [9.17, 15) is 9.59 Å². The van der Waals surface area contributed by atoms with Crippen molar-refractivity contribution in [3.63, 3.8) is 0 Å². The minimum absolute atomic E-state index is 0.183. The summed E-state index contributed by atoms with van der Waals surface area (Å²) >= 11 is 0. The van der Waals surface area contributed by atoms with Crippen molar-refractivity contribution in [1.82, 2.24) is 19.9 Å². The van der Waals surface area contributed by atoms with Crippen molar-refractivity contribution < 1.29 is 23.6 Å². The fourth-order valence-electron chi connectivity index (χ4n) is 4.56. The Labute approximate surface area is 210 Å². The maximum atomic E-state index is 13.2. The van der Waals surface area contributed by atoms with Crippen LogP contribution in [0.15, 0.2) is 59.1 Å². The highest BCUT2D eigenvalue weighted by molar-refractivity contribution is 5.93. The number of aromatic nitrogens is 1. The molecule has 5 rings (SSSR count). The normalized spacial score (nSPS) is 16.1. The van der Waals surface area contributed by atoms with Gasteiger partial charge in [-0.1, -0.05) is 41.6 Å². The first-order valence-corrected chi connectivity index (χ1v) is 12.3. The van der Waals surface area contributed by atoms with E-state index in [0.29, 0.717) is 45.2 Å². The zero-order valence-electron chi connectivity index (χ0n) is 20.4. The zero-order chi connectivity index (χ0) is 24.9. The van der Waals surface area contributed by atoms with Crippen LogP contribution in [-0.2, 0) is 17.8 Å². The number of hydrogen-bond donors (Lipinski definition) is 0. The molecule has 0 radical (unpaired) electrons. The van der Waals surface area contributed by atoms with Crippen molar-refractivity contribution >= 4 is 12.0 Å². The summed E-state index contributed by atoms with van der Waals surface area (Å²) in [7, 11) is 0. The van der Waals surface area contributed by atoms with Gasteiger partial charge < -0.3 is 23.8 Å². The van der Waals surface area contributed by atoms with Crippen LogP contribution in [0.3, 0.4) is 0 Å². The van der Waals surface area contributed by atoms with Crippen LogP contribution >= 0.6 is 0 Å². The highest BCUT2D eigenvalue weighted by Crippen LogP contribution is 2.27. The molecule has 2 aliphatic heterocycles. The van der Waals surface area contributed by atoms with Gasteiger partial charge in [-0.05, 0) is 24.6 Å². The number of amides is 2. The van der Waals surface area contributed by atoms with Crippen molar-refractivity contribution in [2.75, 3.05) is 45.9 Å². The summed E-state index contributed by atoms with van der Waals surface area (Å²) in [6, 6.07) is 17.5. The molecule has 0 saturated carbocycles. The van der Waals surface area contributed by atoms with Gasteiger partial charge in [0, 0.05) is 56.5 Å². The lowest BCUT2D eigenvalue weighted by molar-refractivity contribution is 0.0721. The molecule has 2 amide bonds. The fourth-order valence-corrected chi connectivity index (χ4v) is 4.56. The monoisotopic (exact) mass is 490 g/mol. The van der Waals surface area contributed by atoms with Crippen LogP contribution in [0.5, 0.6) is 5.75 Å². The van der Waals surface area contributed by atoms with E-state index in [1.54, 1.807) is 15.9 Å². The van der Waals surface area contributed by atoms with Crippen LogP contribution in [0.25, 0.3) is 11.3 Å². The molecule has 2 aromatic carbocycles. The Morgan fingerprint density at radius 3 is 2.56 bits per heavy atom. The summed E-state index contributed by atoms with van der Waals surface area (Å²) in [6.45, 7) is 7.16. The zero-order valence-corrected chi connectivity index (χ0v) is 20.4. The standard InChI is InChI=1S/C27H30N4O5/c1-2-34-27(33)30-12-10-29(11-13-30)18-20-8-9-24-22(16-20)19-31(14-15-35-24)26(32)23-17-25(36-28-23)21-6-4-3-5-7-21/h3-9,16-17H,2,10-15,18-19H2,1H3. The highest BCUT2D eigenvalue weighted by atomic mass is 16.6. The molecule has 2 aliphatic rings.